The van der Waals surface area contributed by atoms with Crippen molar-refractivity contribution in [1.29, 1.82) is 0 Å². The van der Waals surface area contributed by atoms with Crippen molar-refractivity contribution < 1.29 is 9.53 Å². The number of terminal acetylenes is 1. The van der Waals surface area contributed by atoms with Crippen molar-refractivity contribution in [2.75, 3.05) is 37.7 Å². The van der Waals surface area contributed by atoms with E-state index in [1.807, 2.05) is 4.90 Å². The van der Waals surface area contributed by atoms with Crippen LogP contribution in [-0.4, -0.2) is 43.8 Å². The number of hydrogen-bond acceptors (Lipinski definition) is 4. The van der Waals surface area contributed by atoms with Gasteiger partial charge < -0.3 is 20.3 Å². The van der Waals surface area contributed by atoms with Gasteiger partial charge in [-0.05, 0) is 65.3 Å². The molecule has 0 unspecified atom stereocenters. The molecular weight excluding hydrogens is 446 g/mol. The second kappa shape index (κ2) is 9.72. The lowest BCUT2D eigenvalue weighted by Gasteiger charge is -2.38. The molecule has 0 saturated carbocycles. The zero-order valence-corrected chi connectivity index (χ0v) is 21.3. The van der Waals surface area contributed by atoms with Crippen LogP contribution in [0.1, 0.15) is 44.9 Å². The fourth-order valence-corrected chi connectivity index (χ4v) is 6.05. The Morgan fingerprint density at radius 2 is 1.53 bits per heavy atom. The second-order valence-electron chi connectivity index (χ2n) is 9.70. The number of hydrogen-bond donors (Lipinski definition) is 1. The number of amides is 1. The highest BCUT2D eigenvalue weighted by atomic mass is 16.6. The molecule has 0 aromatic heterocycles. The zero-order valence-electron chi connectivity index (χ0n) is 21.3. The molecule has 3 aromatic carbocycles. The van der Waals surface area contributed by atoms with Crippen molar-refractivity contribution in [3.8, 4) is 23.5 Å². The molecule has 1 saturated heterocycles. The van der Waals surface area contributed by atoms with E-state index in [0.29, 0.717) is 26.2 Å². The summed E-state index contributed by atoms with van der Waals surface area (Å²) in [5, 5.41) is 0. The van der Waals surface area contributed by atoms with E-state index in [1.54, 1.807) is 0 Å². The van der Waals surface area contributed by atoms with E-state index in [-0.39, 0.29) is 12.0 Å². The van der Waals surface area contributed by atoms with E-state index >= 15 is 0 Å². The third-order valence-corrected chi connectivity index (χ3v) is 7.90. The van der Waals surface area contributed by atoms with Gasteiger partial charge in [0.2, 0.25) is 0 Å². The molecule has 0 spiro atoms. The van der Waals surface area contributed by atoms with Gasteiger partial charge in [0.05, 0.1) is 0 Å². The van der Waals surface area contributed by atoms with E-state index in [4.69, 9.17) is 16.9 Å². The highest BCUT2D eigenvalue weighted by Gasteiger charge is 2.31. The summed E-state index contributed by atoms with van der Waals surface area (Å²) >= 11 is 0. The van der Waals surface area contributed by atoms with Gasteiger partial charge in [-0.2, -0.15) is 0 Å². The Morgan fingerprint density at radius 1 is 0.944 bits per heavy atom. The topological polar surface area (TPSA) is 58.8 Å². The van der Waals surface area contributed by atoms with Crippen LogP contribution in [0.25, 0.3) is 11.1 Å². The number of benzene rings is 3. The fraction of sp³-hybridized carbons (Fsp3) is 0.323. The van der Waals surface area contributed by atoms with Gasteiger partial charge in [0, 0.05) is 49.9 Å². The van der Waals surface area contributed by atoms with Crippen LogP contribution in [0.3, 0.4) is 0 Å². The van der Waals surface area contributed by atoms with Crippen LogP contribution >= 0.6 is 0 Å². The van der Waals surface area contributed by atoms with Crippen LogP contribution in [0.4, 0.5) is 10.5 Å². The molecule has 0 atom stereocenters. The number of carbonyl (C=O) groups is 1. The number of nitrogens with zero attached hydrogens (tertiary/aromatic N) is 2. The summed E-state index contributed by atoms with van der Waals surface area (Å²) in [6.45, 7) is 9.72. The molecule has 1 fully saturated rings. The minimum atomic E-state index is -0.249. The molecule has 184 valence electrons. The quantitative estimate of drug-likeness (QED) is 0.528. The molecule has 1 aliphatic carbocycles. The fourth-order valence-electron chi connectivity index (χ4n) is 6.05. The molecule has 1 heterocycles. The van der Waals surface area contributed by atoms with Gasteiger partial charge in [-0.1, -0.05) is 54.5 Å². The van der Waals surface area contributed by atoms with Crippen LogP contribution < -0.4 is 10.6 Å². The lowest BCUT2D eigenvalue weighted by atomic mass is 9.90. The van der Waals surface area contributed by atoms with E-state index in [1.165, 1.54) is 27.8 Å². The van der Waals surface area contributed by atoms with E-state index in [0.717, 1.165) is 41.0 Å². The molecule has 3 aromatic rings. The summed E-state index contributed by atoms with van der Waals surface area (Å²) in [6.07, 6.45) is 5.60. The second-order valence-corrected chi connectivity index (χ2v) is 9.70. The first kappa shape index (κ1) is 24.0. The smallest absolute Gasteiger partial charge is 0.409 e. The van der Waals surface area contributed by atoms with Gasteiger partial charge in [0.1, 0.15) is 6.61 Å². The summed E-state index contributed by atoms with van der Waals surface area (Å²) in [4.78, 5) is 17.2. The Bertz CT molecular complexity index is 1320. The maximum Gasteiger partial charge on any atom is 0.409 e. The molecule has 1 aliphatic heterocycles. The molecule has 1 amide bonds. The molecule has 5 nitrogen and oxygen atoms in total. The molecular formula is C31H33N3O2. The molecule has 2 N–H and O–H groups in total. The number of nitrogens with two attached hydrogens (primary N) is 1. The van der Waals surface area contributed by atoms with Crippen molar-refractivity contribution in [3.63, 3.8) is 0 Å². The monoisotopic (exact) mass is 479 g/mol. The summed E-state index contributed by atoms with van der Waals surface area (Å²) in [7, 11) is 0. The highest BCUT2D eigenvalue weighted by Crippen LogP contribution is 2.44. The van der Waals surface area contributed by atoms with Crippen LogP contribution in [0, 0.1) is 33.1 Å². The van der Waals surface area contributed by atoms with Crippen LogP contribution in [-0.2, 0) is 11.3 Å². The third kappa shape index (κ3) is 3.92. The number of carbonyl (C=O) groups excluding carboxylic acids is 1. The molecule has 0 radical (unpaired) electrons. The van der Waals surface area contributed by atoms with Gasteiger partial charge in [-0.25, -0.2) is 4.79 Å². The minimum Gasteiger partial charge on any atom is -0.448 e. The minimum absolute atomic E-state index is 0.0670. The van der Waals surface area contributed by atoms with Gasteiger partial charge >= 0.3 is 6.09 Å². The Kier molecular flexibility index (Phi) is 6.47. The van der Waals surface area contributed by atoms with E-state index in [2.05, 4.69) is 80.1 Å². The lowest BCUT2D eigenvalue weighted by molar-refractivity contribution is 0.0976. The van der Waals surface area contributed by atoms with Gasteiger partial charge in [-0.15, -0.1) is 6.42 Å². The average molecular weight is 480 g/mol. The number of piperazine rings is 1. The number of fused-ring (bicyclic) bond motifs is 3. The normalized spacial score (nSPS) is 14.9. The Hall–Kier alpha value is -3.75. The first-order valence-corrected chi connectivity index (χ1v) is 12.6. The lowest BCUT2D eigenvalue weighted by Crippen LogP contribution is -2.49. The summed E-state index contributed by atoms with van der Waals surface area (Å²) in [6, 6.07) is 16.8. The van der Waals surface area contributed by atoms with Crippen LogP contribution in [0.5, 0.6) is 0 Å². The SMILES string of the molecule is C#Cc1c(C)c(CN)c(C)c(N2CCN(C(=O)OCC3c4ccccc4-c4ccccc43)CC2)c1C. The van der Waals surface area contributed by atoms with Crippen molar-refractivity contribution in [3.05, 3.63) is 87.5 Å². The number of ether oxygens (including phenoxy) is 1. The number of anilines is 1. The standard InChI is InChI=1S/C31H33N3O2/c1-5-23-20(2)28(18-32)22(4)30(21(23)3)33-14-16-34(17-15-33)31(35)36-19-29-26-12-8-6-10-24(26)25-11-7-9-13-27(25)29/h1,6-13,29H,14-19,32H2,2-4H3. The maximum absolute atomic E-state index is 13.0. The molecule has 2 aliphatic rings. The largest absolute Gasteiger partial charge is 0.448 e. The predicted octanol–water partition coefficient (Wildman–Crippen LogP) is 5.12. The summed E-state index contributed by atoms with van der Waals surface area (Å²) in [5.41, 5.74) is 17.6. The van der Waals surface area contributed by atoms with Gasteiger partial charge in [-0.3, -0.25) is 0 Å². The Labute approximate surface area is 213 Å². The van der Waals surface area contributed by atoms with Crippen molar-refractivity contribution >= 4 is 11.8 Å². The van der Waals surface area contributed by atoms with Crippen molar-refractivity contribution in [1.82, 2.24) is 4.90 Å². The molecule has 5 heteroatoms. The molecule has 36 heavy (non-hydrogen) atoms. The summed E-state index contributed by atoms with van der Waals surface area (Å²) < 4.78 is 5.88. The average Bonchev–Trinajstić information content (AvgIpc) is 3.22. The van der Waals surface area contributed by atoms with Crippen molar-refractivity contribution in [2.24, 2.45) is 5.73 Å². The summed E-state index contributed by atoms with van der Waals surface area (Å²) in [5.74, 6) is 2.93. The number of rotatable bonds is 4. The highest BCUT2D eigenvalue weighted by molar-refractivity contribution is 5.79. The molecule has 0 bridgehead atoms. The Morgan fingerprint density at radius 3 is 2.08 bits per heavy atom. The third-order valence-electron chi connectivity index (χ3n) is 7.90. The first-order chi connectivity index (χ1) is 17.5. The maximum atomic E-state index is 13.0. The van der Waals surface area contributed by atoms with Gasteiger partial charge in [0.25, 0.3) is 0 Å². The van der Waals surface area contributed by atoms with Crippen LogP contribution in [0.15, 0.2) is 48.5 Å². The predicted molar refractivity (Wildman–Crippen MR) is 145 cm³/mol. The van der Waals surface area contributed by atoms with Crippen molar-refractivity contribution in [2.45, 2.75) is 33.2 Å². The zero-order chi connectivity index (χ0) is 25.4. The Balaban J connectivity index is 1.27. The van der Waals surface area contributed by atoms with E-state index in [9.17, 15) is 4.79 Å². The van der Waals surface area contributed by atoms with E-state index < -0.39 is 0 Å². The first-order valence-electron chi connectivity index (χ1n) is 12.6. The van der Waals surface area contributed by atoms with Gasteiger partial charge in [0.15, 0.2) is 0 Å². The molecule has 5 rings (SSSR count). The van der Waals surface area contributed by atoms with Crippen LogP contribution in [0.2, 0.25) is 0 Å².